The Hall–Kier alpha value is -2.04. The van der Waals surface area contributed by atoms with Crippen LogP contribution in [0.2, 0.25) is 10.0 Å². The molecule has 0 aromatic heterocycles. The summed E-state index contributed by atoms with van der Waals surface area (Å²) in [5.74, 6) is -0.116. The van der Waals surface area contributed by atoms with Gasteiger partial charge in [0.2, 0.25) is 5.91 Å². The second-order valence-corrected chi connectivity index (χ2v) is 7.30. The third kappa shape index (κ3) is 4.77. The molecule has 0 bridgehead atoms. The first-order valence-corrected chi connectivity index (χ1v) is 9.35. The van der Waals surface area contributed by atoms with E-state index < -0.39 is 0 Å². The van der Waals surface area contributed by atoms with Gasteiger partial charge in [-0.3, -0.25) is 9.59 Å². The van der Waals surface area contributed by atoms with E-state index >= 15 is 0 Å². The van der Waals surface area contributed by atoms with Gasteiger partial charge < -0.3 is 10.2 Å². The van der Waals surface area contributed by atoms with E-state index in [1.807, 2.05) is 30.3 Å². The molecule has 1 fully saturated rings. The predicted molar refractivity (Wildman–Crippen MR) is 103 cm³/mol. The third-order valence-electron chi connectivity index (χ3n) is 4.57. The van der Waals surface area contributed by atoms with E-state index in [0.29, 0.717) is 48.1 Å². The molecule has 0 atom stereocenters. The smallest absolute Gasteiger partial charge is 0.253 e. The Morgan fingerprint density at radius 3 is 2.23 bits per heavy atom. The molecule has 0 radical (unpaired) electrons. The van der Waals surface area contributed by atoms with Gasteiger partial charge in [-0.1, -0.05) is 53.5 Å². The van der Waals surface area contributed by atoms with Crippen molar-refractivity contribution in [2.45, 2.75) is 19.4 Å². The lowest BCUT2D eigenvalue weighted by atomic mass is 9.95. The standard InChI is InChI=1S/C20H20Cl2N2O2/c21-17-10-16(11-18(22)12-17)20(26)24-8-6-15(7-9-24)19(25)23-13-14-4-2-1-3-5-14/h1-5,10-12,15H,6-9,13H2,(H,23,25). The van der Waals surface area contributed by atoms with Crippen LogP contribution in [0.25, 0.3) is 0 Å². The molecule has 26 heavy (non-hydrogen) atoms. The van der Waals surface area contributed by atoms with Crippen molar-refractivity contribution in [3.8, 4) is 0 Å². The average Bonchev–Trinajstić information content (AvgIpc) is 2.65. The van der Waals surface area contributed by atoms with Crippen LogP contribution in [0, 0.1) is 5.92 Å². The van der Waals surface area contributed by atoms with Crippen LogP contribution in [0.3, 0.4) is 0 Å². The summed E-state index contributed by atoms with van der Waals surface area (Å²) in [7, 11) is 0. The minimum absolute atomic E-state index is 0.0479. The van der Waals surface area contributed by atoms with Crippen LogP contribution in [0.1, 0.15) is 28.8 Å². The molecule has 2 aromatic rings. The number of hydrogen-bond acceptors (Lipinski definition) is 2. The van der Waals surface area contributed by atoms with E-state index in [2.05, 4.69) is 5.32 Å². The summed E-state index contributed by atoms with van der Waals surface area (Å²) in [6.07, 6.45) is 1.31. The second kappa shape index (κ2) is 8.56. The molecule has 3 rings (SSSR count). The van der Waals surface area contributed by atoms with Crippen LogP contribution >= 0.6 is 23.2 Å². The zero-order chi connectivity index (χ0) is 18.5. The molecule has 6 heteroatoms. The highest BCUT2D eigenvalue weighted by atomic mass is 35.5. The summed E-state index contributed by atoms with van der Waals surface area (Å²) < 4.78 is 0. The fraction of sp³-hybridized carbons (Fsp3) is 0.300. The van der Waals surface area contributed by atoms with Gasteiger partial charge in [-0.25, -0.2) is 0 Å². The number of nitrogens with one attached hydrogen (secondary N) is 1. The highest BCUT2D eigenvalue weighted by Crippen LogP contribution is 2.23. The first-order chi connectivity index (χ1) is 12.5. The van der Waals surface area contributed by atoms with Crippen molar-refractivity contribution in [3.05, 3.63) is 69.7 Å². The number of carbonyl (C=O) groups is 2. The van der Waals surface area contributed by atoms with Crippen molar-refractivity contribution in [2.24, 2.45) is 5.92 Å². The lowest BCUT2D eigenvalue weighted by Crippen LogP contribution is -2.42. The molecule has 2 amide bonds. The average molecular weight is 391 g/mol. The van der Waals surface area contributed by atoms with Gasteiger partial charge in [-0.2, -0.15) is 0 Å². The van der Waals surface area contributed by atoms with Crippen LogP contribution in [0.15, 0.2) is 48.5 Å². The number of hydrogen-bond donors (Lipinski definition) is 1. The number of rotatable bonds is 4. The Labute approximate surface area is 163 Å². The molecule has 4 nitrogen and oxygen atoms in total. The summed E-state index contributed by atoms with van der Waals surface area (Å²) >= 11 is 12.0. The Bertz CT molecular complexity index is 767. The molecule has 1 aliphatic heterocycles. The molecule has 1 N–H and O–H groups in total. The maximum absolute atomic E-state index is 12.6. The van der Waals surface area contributed by atoms with Crippen LogP contribution in [-0.2, 0) is 11.3 Å². The Balaban J connectivity index is 1.52. The van der Waals surface area contributed by atoms with Crippen LogP contribution < -0.4 is 5.32 Å². The first kappa shape index (κ1) is 18.7. The molecule has 1 heterocycles. The lowest BCUT2D eigenvalue weighted by Gasteiger charge is -2.31. The van der Waals surface area contributed by atoms with E-state index in [9.17, 15) is 9.59 Å². The Morgan fingerprint density at radius 2 is 1.62 bits per heavy atom. The molecule has 2 aromatic carbocycles. The van der Waals surface area contributed by atoms with E-state index in [-0.39, 0.29) is 17.7 Å². The number of amides is 2. The summed E-state index contributed by atoms with van der Waals surface area (Å²) in [4.78, 5) is 26.7. The fourth-order valence-corrected chi connectivity index (χ4v) is 3.66. The third-order valence-corrected chi connectivity index (χ3v) is 5.01. The van der Waals surface area contributed by atoms with Crippen LogP contribution in [0.5, 0.6) is 0 Å². The lowest BCUT2D eigenvalue weighted by molar-refractivity contribution is -0.126. The molecule has 0 aliphatic carbocycles. The van der Waals surface area contributed by atoms with Crippen molar-refractivity contribution >= 4 is 35.0 Å². The Kier molecular flexibility index (Phi) is 6.17. The van der Waals surface area contributed by atoms with Crippen molar-refractivity contribution in [1.82, 2.24) is 10.2 Å². The summed E-state index contributed by atoms with van der Waals surface area (Å²) in [5, 5.41) is 3.86. The maximum Gasteiger partial charge on any atom is 0.253 e. The molecule has 136 valence electrons. The topological polar surface area (TPSA) is 49.4 Å². The zero-order valence-electron chi connectivity index (χ0n) is 14.3. The number of carbonyl (C=O) groups excluding carboxylic acids is 2. The highest BCUT2D eigenvalue weighted by Gasteiger charge is 2.27. The normalized spacial score (nSPS) is 14.9. The number of likely N-dealkylation sites (tertiary alicyclic amines) is 1. The SMILES string of the molecule is O=C(NCc1ccccc1)C1CCN(C(=O)c2cc(Cl)cc(Cl)c2)CC1. The summed E-state index contributed by atoms with van der Waals surface area (Å²) in [6.45, 7) is 1.62. The molecule has 0 unspecified atom stereocenters. The minimum Gasteiger partial charge on any atom is -0.352 e. The van der Waals surface area contributed by atoms with Gasteiger partial charge in [-0.15, -0.1) is 0 Å². The van der Waals surface area contributed by atoms with Crippen LogP contribution in [0.4, 0.5) is 0 Å². The molecular weight excluding hydrogens is 371 g/mol. The molecule has 1 saturated heterocycles. The number of benzene rings is 2. The quantitative estimate of drug-likeness (QED) is 0.851. The molecule has 0 spiro atoms. The van der Waals surface area contributed by atoms with Gasteiger partial charge in [0, 0.05) is 41.2 Å². The number of halogens is 2. The first-order valence-electron chi connectivity index (χ1n) is 8.60. The van der Waals surface area contributed by atoms with Gasteiger partial charge in [0.1, 0.15) is 0 Å². The van der Waals surface area contributed by atoms with Crippen LogP contribution in [-0.4, -0.2) is 29.8 Å². The number of nitrogens with zero attached hydrogens (tertiary/aromatic N) is 1. The zero-order valence-corrected chi connectivity index (χ0v) is 15.8. The highest BCUT2D eigenvalue weighted by molar-refractivity contribution is 6.35. The van der Waals surface area contributed by atoms with Crippen molar-refractivity contribution in [3.63, 3.8) is 0 Å². The van der Waals surface area contributed by atoms with Gasteiger partial charge in [0.05, 0.1) is 0 Å². The van der Waals surface area contributed by atoms with Gasteiger partial charge in [0.25, 0.3) is 5.91 Å². The second-order valence-electron chi connectivity index (χ2n) is 6.43. The van der Waals surface area contributed by atoms with Crippen molar-refractivity contribution in [1.29, 1.82) is 0 Å². The minimum atomic E-state index is -0.0995. The molecule has 0 saturated carbocycles. The van der Waals surface area contributed by atoms with Gasteiger partial charge in [-0.05, 0) is 36.6 Å². The van der Waals surface area contributed by atoms with Crippen molar-refractivity contribution < 1.29 is 9.59 Å². The fourth-order valence-electron chi connectivity index (χ4n) is 3.13. The van der Waals surface area contributed by atoms with E-state index in [1.54, 1.807) is 23.1 Å². The largest absolute Gasteiger partial charge is 0.352 e. The Morgan fingerprint density at radius 1 is 1.00 bits per heavy atom. The molecule has 1 aliphatic rings. The molecular formula is C20H20Cl2N2O2. The van der Waals surface area contributed by atoms with Crippen molar-refractivity contribution in [2.75, 3.05) is 13.1 Å². The maximum atomic E-state index is 12.6. The van der Waals surface area contributed by atoms with Gasteiger partial charge in [0.15, 0.2) is 0 Å². The predicted octanol–water partition coefficient (Wildman–Crippen LogP) is 4.16. The number of piperidine rings is 1. The van der Waals surface area contributed by atoms with E-state index in [0.717, 1.165) is 5.56 Å². The van der Waals surface area contributed by atoms with E-state index in [4.69, 9.17) is 23.2 Å². The summed E-state index contributed by atoms with van der Waals surface area (Å²) in [6, 6.07) is 14.7. The van der Waals surface area contributed by atoms with Gasteiger partial charge >= 0.3 is 0 Å². The summed E-state index contributed by atoms with van der Waals surface area (Å²) in [5.41, 5.74) is 1.56. The van der Waals surface area contributed by atoms with E-state index in [1.165, 1.54) is 0 Å². The monoisotopic (exact) mass is 390 g/mol.